The molecule has 0 saturated carbocycles. The van der Waals surface area contributed by atoms with E-state index < -0.39 is 27.9 Å². The van der Waals surface area contributed by atoms with Gasteiger partial charge in [0.25, 0.3) is 15.9 Å². The Morgan fingerprint density at radius 3 is 2.75 bits per heavy atom. The van der Waals surface area contributed by atoms with Crippen LogP contribution >= 0.6 is 11.3 Å². The van der Waals surface area contributed by atoms with Crippen molar-refractivity contribution in [2.75, 3.05) is 33.2 Å². The lowest BCUT2D eigenvalue weighted by atomic mass is 10.1. The van der Waals surface area contributed by atoms with E-state index >= 15 is 0 Å². The molecule has 14 heteroatoms. The minimum atomic E-state index is -4.07. The van der Waals surface area contributed by atoms with Gasteiger partial charge >= 0.3 is 5.97 Å². The van der Waals surface area contributed by atoms with Crippen LogP contribution in [0.15, 0.2) is 29.3 Å². The maximum absolute atomic E-state index is 13.4. The Balaban J connectivity index is 1.38. The Morgan fingerprint density at radius 2 is 2.03 bits per heavy atom. The highest BCUT2D eigenvalue weighted by molar-refractivity contribution is 7.89. The molecule has 2 aliphatic rings. The van der Waals surface area contributed by atoms with Gasteiger partial charge in [-0.1, -0.05) is 0 Å². The number of hydrogen-bond donors (Lipinski definition) is 4. The second-order valence-electron chi connectivity index (χ2n) is 8.94. The minimum Gasteiger partial charge on any atom is -0.480 e. The number of carboxylic acid groups (broad SMARTS) is 1. The van der Waals surface area contributed by atoms with Crippen LogP contribution in [0.4, 0.5) is 0 Å². The zero-order valence-corrected chi connectivity index (χ0v) is 21.0. The number of rotatable bonds is 5. The van der Waals surface area contributed by atoms with E-state index in [1.807, 2.05) is 7.05 Å². The van der Waals surface area contributed by atoms with Gasteiger partial charge in [-0.3, -0.25) is 10.2 Å². The summed E-state index contributed by atoms with van der Waals surface area (Å²) in [5.74, 6) is -1.92. The summed E-state index contributed by atoms with van der Waals surface area (Å²) < 4.78 is 27.8. The number of nitrogen functional groups attached to an aromatic ring is 1. The number of benzene rings is 1. The number of carbonyl (C=O) groups excluding carboxylic acids is 1. The molecule has 36 heavy (non-hydrogen) atoms. The summed E-state index contributed by atoms with van der Waals surface area (Å²) in [6, 6.07) is 4.93. The van der Waals surface area contributed by atoms with Gasteiger partial charge in [0.15, 0.2) is 5.01 Å². The van der Waals surface area contributed by atoms with Crippen LogP contribution in [0.2, 0.25) is 0 Å². The lowest BCUT2D eigenvalue weighted by molar-refractivity contribution is -0.143. The van der Waals surface area contributed by atoms with Crippen LogP contribution in [0, 0.1) is 5.41 Å². The molecule has 12 nitrogen and oxygen atoms in total. The van der Waals surface area contributed by atoms with Crippen LogP contribution in [0.25, 0.3) is 10.9 Å². The van der Waals surface area contributed by atoms with E-state index in [1.54, 1.807) is 18.2 Å². The second kappa shape index (κ2) is 8.96. The molecule has 4 heterocycles. The van der Waals surface area contributed by atoms with Crippen LogP contribution < -0.4 is 5.73 Å². The lowest BCUT2D eigenvalue weighted by Gasteiger charge is -2.37. The largest absolute Gasteiger partial charge is 0.480 e. The summed E-state index contributed by atoms with van der Waals surface area (Å²) in [4.78, 5) is 37.0. The number of fused-ring (bicyclic) bond motifs is 2. The van der Waals surface area contributed by atoms with E-state index in [9.17, 15) is 23.1 Å². The molecule has 1 atom stereocenters. The number of amidine groups is 1. The molecule has 1 amide bonds. The lowest BCUT2D eigenvalue weighted by Crippen LogP contribution is -2.59. The number of amides is 1. The number of carboxylic acids is 1. The third kappa shape index (κ3) is 4.25. The van der Waals surface area contributed by atoms with Gasteiger partial charge in [0.05, 0.1) is 5.69 Å². The highest BCUT2D eigenvalue weighted by Crippen LogP contribution is 2.28. The van der Waals surface area contributed by atoms with Gasteiger partial charge in [0, 0.05) is 60.5 Å². The van der Waals surface area contributed by atoms with E-state index in [-0.39, 0.29) is 35.5 Å². The summed E-state index contributed by atoms with van der Waals surface area (Å²) in [7, 11) is -2.09. The molecule has 2 aliphatic heterocycles. The number of nitrogens with two attached hydrogens (primary N) is 1. The zero-order valence-electron chi connectivity index (χ0n) is 19.4. The highest BCUT2D eigenvalue weighted by Gasteiger charge is 2.41. The predicted octanol–water partition coefficient (Wildman–Crippen LogP) is 0.496. The van der Waals surface area contributed by atoms with Crippen molar-refractivity contribution in [1.82, 2.24) is 24.1 Å². The van der Waals surface area contributed by atoms with Crippen molar-refractivity contribution in [3.8, 4) is 0 Å². The van der Waals surface area contributed by atoms with Crippen LogP contribution in [0.3, 0.4) is 0 Å². The molecule has 190 valence electrons. The number of hydrogen-bond acceptors (Lipinski definition) is 8. The van der Waals surface area contributed by atoms with E-state index in [2.05, 4.69) is 14.9 Å². The van der Waals surface area contributed by atoms with Gasteiger partial charge in [0.1, 0.15) is 16.9 Å². The highest BCUT2D eigenvalue weighted by atomic mass is 32.2. The molecule has 1 unspecified atom stereocenters. The molecule has 5 N–H and O–H groups in total. The molecule has 3 aromatic rings. The molecular weight excluding hydrogens is 506 g/mol. The molecule has 1 fully saturated rings. The quantitative estimate of drug-likeness (QED) is 0.272. The molecule has 0 radical (unpaired) electrons. The van der Waals surface area contributed by atoms with Crippen molar-refractivity contribution in [2.24, 2.45) is 5.73 Å². The maximum Gasteiger partial charge on any atom is 0.327 e. The van der Waals surface area contributed by atoms with Crippen molar-refractivity contribution < 1.29 is 23.1 Å². The number of nitrogens with one attached hydrogen (secondary N) is 2. The number of thiazole rings is 1. The standard InChI is InChI=1S/C22H25N7O5S2/c1-27-5-4-15-17(11-27)35-20(26-15)21(30)29-7-6-28(10-16(29)22(31)32)36(33,34)18-9-13-8-12(19(23)24)2-3-14(13)25-18/h2-3,8-9,16,25H,4-7,10-11H2,1H3,(H3,23,24)(H,31,32). The van der Waals surface area contributed by atoms with Gasteiger partial charge in [-0.15, -0.1) is 11.3 Å². The molecular formula is C22H25N7O5S2. The number of piperazine rings is 1. The van der Waals surface area contributed by atoms with Crippen molar-refractivity contribution >= 4 is 50.0 Å². The predicted molar refractivity (Wildman–Crippen MR) is 133 cm³/mol. The van der Waals surface area contributed by atoms with Crippen LogP contribution in [-0.2, 0) is 27.8 Å². The molecule has 0 aliphatic carbocycles. The molecule has 0 spiro atoms. The van der Waals surface area contributed by atoms with Gasteiger partial charge in [-0.25, -0.2) is 18.2 Å². The maximum atomic E-state index is 13.4. The summed E-state index contributed by atoms with van der Waals surface area (Å²) >= 11 is 1.27. The Morgan fingerprint density at radius 1 is 1.25 bits per heavy atom. The van der Waals surface area contributed by atoms with E-state index in [0.717, 1.165) is 27.8 Å². The Bertz CT molecular complexity index is 1500. The first kappa shape index (κ1) is 24.4. The third-order valence-electron chi connectivity index (χ3n) is 6.52. The normalized spacial score (nSPS) is 19.4. The number of H-pyrrole nitrogens is 1. The van der Waals surface area contributed by atoms with Gasteiger partial charge in [-0.2, -0.15) is 4.31 Å². The molecule has 1 aromatic carbocycles. The Hall–Kier alpha value is -3.33. The number of carbonyl (C=O) groups is 2. The summed E-state index contributed by atoms with van der Waals surface area (Å²) in [6.07, 6.45) is 0.725. The first-order chi connectivity index (χ1) is 17.0. The topological polar surface area (TPSA) is 177 Å². The number of aromatic amines is 1. The van der Waals surface area contributed by atoms with Gasteiger partial charge in [0.2, 0.25) is 0 Å². The van der Waals surface area contributed by atoms with Crippen LogP contribution in [0.1, 0.15) is 25.9 Å². The molecule has 2 aromatic heterocycles. The number of aliphatic carboxylic acids is 1. The average molecular weight is 532 g/mol. The summed E-state index contributed by atoms with van der Waals surface area (Å²) in [5, 5.41) is 18.1. The number of sulfonamides is 1. The zero-order chi connectivity index (χ0) is 25.8. The fourth-order valence-corrected chi connectivity index (χ4v) is 7.12. The monoisotopic (exact) mass is 531 g/mol. The number of aromatic nitrogens is 2. The summed E-state index contributed by atoms with van der Waals surface area (Å²) in [5.41, 5.74) is 7.39. The second-order valence-corrected chi connectivity index (χ2v) is 11.9. The van der Waals surface area contributed by atoms with Crippen LogP contribution in [0.5, 0.6) is 0 Å². The summed E-state index contributed by atoms with van der Waals surface area (Å²) in [6.45, 7) is 1.01. The number of nitrogens with zero attached hydrogens (tertiary/aromatic N) is 4. The Labute approximate surface area is 210 Å². The molecule has 0 bridgehead atoms. The molecule has 1 saturated heterocycles. The van der Waals surface area contributed by atoms with Crippen molar-refractivity contribution in [3.05, 3.63) is 45.4 Å². The smallest absolute Gasteiger partial charge is 0.327 e. The average Bonchev–Trinajstić information content (AvgIpc) is 3.46. The Kier molecular flexibility index (Phi) is 6.06. The first-order valence-electron chi connectivity index (χ1n) is 11.2. The third-order valence-corrected chi connectivity index (χ3v) is 9.38. The fraction of sp³-hybridized carbons (Fsp3) is 0.364. The van der Waals surface area contributed by atoms with Gasteiger partial charge in [-0.05, 0) is 31.3 Å². The van der Waals surface area contributed by atoms with Crippen molar-refractivity contribution in [3.63, 3.8) is 0 Å². The van der Waals surface area contributed by atoms with Crippen molar-refractivity contribution in [2.45, 2.75) is 24.0 Å². The number of likely N-dealkylation sites (N-methyl/N-ethyl adjacent to an activating group) is 1. The van der Waals surface area contributed by atoms with Crippen molar-refractivity contribution in [1.29, 1.82) is 5.41 Å². The first-order valence-corrected chi connectivity index (χ1v) is 13.5. The van der Waals surface area contributed by atoms with E-state index in [0.29, 0.717) is 23.0 Å². The van der Waals surface area contributed by atoms with Gasteiger partial charge < -0.3 is 25.6 Å². The fourth-order valence-electron chi connectivity index (χ4n) is 4.52. The van der Waals surface area contributed by atoms with E-state index in [4.69, 9.17) is 11.1 Å². The minimum absolute atomic E-state index is 0.0558. The van der Waals surface area contributed by atoms with Crippen LogP contribution in [-0.4, -0.2) is 94.6 Å². The SMILES string of the molecule is CN1CCc2nc(C(=O)N3CCN(S(=O)(=O)c4cc5cc(C(=N)N)ccc5[nH]4)CC3C(=O)O)sc2C1. The molecule has 5 rings (SSSR count). The van der Waals surface area contributed by atoms with E-state index in [1.165, 1.54) is 22.3 Å².